The molecule has 0 bridgehead atoms. The number of urea groups is 1. The number of nitrogens with one attached hydrogen (secondary N) is 2. The normalized spacial score (nSPS) is 10.9. The molecule has 0 unspecified atom stereocenters. The van der Waals surface area contributed by atoms with E-state index in [1.165, 1.54) is 49.7 Å². The molecular formula is C23H23N3O7S. The number of amides is 3. The number of benzene rings is 2. The first-order valence-corrected chi connectivity index (χ1v) is 11.5. The van der Waals surface area contributed by atoms with Crippen molar-refractivity contribution in [2.24, 2.45) is 0 Å². The maximum Gasteiger partial charge on any atom is 0.338 e. The zero-order valence-corrected chi connectivity index (χ0v) is 19.3. The Balaban J connectivity index is 1.51. The van der Waals surface area contributed by atoms with Gasteiger partial charge >= 0.3 is 12.0 Å². The first kappa shape index (κ1) is 24.5. The van der Waals surface area contributed by atoms with E-state index in [9.17, 15) is 22.8 Å². The molecule has 3 rings (SSSR count). The quantitative estimate of drug-likeness (QED) is 0.468. The topological polar surface area (TPSA) is 135 Å². The molecule has 1 aromatic heterocycles. The number of imide groups is 1. The fourth-order valence-corrected chi connectivity index (χ4v) is 4.01. The van der Waals surface area contributed by atoms with Crippen LogP contribution in [0, 0.1) is 6.92 Å². The standard InChI is InChI=1S/C23H23N3O7S/c1-16-5-11-20(12-6-16)34(30,31)26(2)18-9-7-17(8-10-18)22(28)33-15-21(27)25-23(29)24-14-19-4-3-13-32-19/h3-13H,14-15H2,1-2H3,(H2,24,25,27,29). The number of carbonyl (C=O) groups excluding carboxylic acids is 3. The lowest BCUT2D eigenvalue weighted by atomic mass is 10.2. The van der Waals surface area contributed by atoms with Crippen LogP contribution in [0.2, 0.25) is 0 Å². The summed E-state index contributed by atoms with van der Waals surface area (Å²) in [6.45, 7) is 1.28. The highest BCUT2D eigenvalue weighted by atomic mass is 32.2. The predicted molar refractivity (Wildman–Crippen MR) is 123 cm³/mol. The molecule has 0 saturated carbocycles. The fourth-order valence-electron chi connectivity index (χ4n) is 2.82. The number of carbonyl (C=O) groups is 3. The number of nitrogens with zero attached hydrogens (tertiary/aromatic N) is 1. The molecule has 1 heterocycles. The molecular weight excluding hydrogens is 462 g/mol. The monoisotopic (exact) mass is 485 g/mol. The average molecular weight is 486 g/mol. The summed E-state index contributed by atoms with van der Waals surface area (Å²) < 4.78 is 36.6. The van der Waals surface area contributed by atoms with E-state index in [1.54, 1.807) is 24.3 Å². The minimum Gasteiger partial charge on any atom is -0.467 e. The van der Waals surface area contributed by atoms with Crippen LogP contribution < -0.4 is 14.9 Å². The molecule has 0 radical (unpaired) electrons. The zero-order valence-electron chi connectivity index (χ0n) is 18.5. The van der Waals surface area contributed by atoms with Crippen molar-refractivity contribution in [2.45, 2.75) is 18.4 Å². The van der Waals surface area contributed by atoms with Crippen LogP contribution in [0.3, 0.4) is 0 Å². The van der Waals surface area contributed by atoms with Crippen LogP contribution >= 0.6 is 0 Å². The molecule has 0 saturated heterocycles. The molecule has 10 nitrogen and oxygen atoms in total. The molecule has 0 aliphatic carbocycles. The van der Waals surface area contributed by atoms with Crippen molar-refractivity contribution < 1.29 is 32.0 Å². The molecule has 3 amide bonds. The zero-order chi connectivity index (χ0) is 24.7. The highest BCUT2D eigenvalue weighted by Crippen LogP contribution is 2.23. The minimum atomic E-state index is -3.77. The van der Waals surface area contributed by atoms with Gasteiger partial charge in [0.1, 0.15) is 5.76 Å². The molecule has 0 fully saturated rings. The van der Waals surface area contributed by atoms with Gasteiger partial charge in [-0.05, 0) is 55.5 Å². The Morgan fingerprint density at radius 2 is 1.68 bits per heavy atom. The van der Waals surface area contributed by atoms with Crippen molar-refractivity contribution in [3.8, 4) is 0 Å². The van der Waals surface area contributed by atoms with Crippen molar-refractivity contribution in [3.63, 3.8) is 0 Å². The second kappa shape index (κ2) is 10.7. The fraction of sp³-hybridized carbons (Fsp3) is 0.174. The lowest BCUT2D eigenvalue weighted by Gasteiger charge is -2.19. The van der Waals surface area contributed by atoms with Crippen molar-refractivity contribution in [1.82, 2.24) is 10.6 Å². The Hall–Kier alpha value is -4.12. The average Bonchev–Trinajstić information content (AvgIpc) is 3.35. The number of rotatable bonds is 8. The second-order valence-electron chi connectivity index (χ2n) is 7.22. The highest BCUT2D eigenvalue weighted by molar-refractivity contribution is 7.92. The van der Waals surface area contributed by atoms with Crippen molar-refractivity contribution in [1.29, 1.82) is 0 Å². The molecule has 178 valence electrons. The van der Waals surface area contributed by atoms with Gasteiger partial charge in [-0.3, -0.25) is 14.4 Å². The maximum atomic E-state index is 12.8. The molecule has 11 heteroatoms. The summed E-state index contributed by atoms with van der Waals surface area (Å²) in [7, 11) is -2.37. The lowest BCUT2D eigenvalue weighted by Crippen LogP contribution is -2.41. The predicted octanol–water partition coefficient (Wildman–Crippen LogP) is 2.60. The number of esters is 1. The maximum absolute atomic E-state index is 12.8. The Morgan fingerprint density at radius 3 is 2.29 bits per heavy atom. The SMILES string of the molecule is Cc1ccc(S(=O)(=O)N(C)c2ccc(C(=O)OCC(=O)NC(=O)NCc3ccco3)cc2)cc1. The van der Waals surface area contributed by atoms with Crippen molar-refractivity contribution in [3.05, 3.63) is 83.8 Å². The van der Waals surface area contributed by atoms with Crippen molar-refractivity contribution >= 4 is 33.6 Å². The molecule has 34 heavy (non-hydrogen) atoms. The summed E-state index contributed by atoms with van der Waals surface area (Å²) in [4.78, 5) is 35.8. The van der Waals surface area contributed by atoms with Crippen LogP contribution in [0.5, 0.6) is 0 Å². The number of hydrogen-bond donors (Lipinski definition) is 2. The molecule has 2 N–H and O–H groups in total. The van der Waals surface area contributed by atoms with E-state index in [-0.39, 0.29) is 17.0 Å². The minimum absolute atomic E-state index is 0.0896. The van der Waals surface area contributed by atoms with Gasteiger partial charge in [-0.25, -0.2) is 18.0 Å². The third-order valence-corrected chi connectivity index (χ3v) is 6.54. The first-order valence-electron chi connectivity index (χ1n) is 10.1. The molecule has 3 aromatic rings. The number of ether oxygens (including phenoxy) is 1. The van der Waals surface area contributed by atoms with Gasteiger partial charge in [0.25, 0.3) is 15.9 Å². The van der Waals surface area contributed by atoms with Crippen LogP contribution in [0.1, 0.15) is 21.7 Å². The first-order chi connectivity index (χ1) is 16.2. The van der Waals surface area contributed by atoms with Crippen LogP contribution in [-0.2, 0) is 26.1 Å². The summed E-state index contributed by atoms with van der Waals surface area (Å²) in [6, 6.07) is 14.7. The van der Waals surface area contributed by atoms with Gasteiger partial charge in [0, 0.05) is 7.05 Å². The van der Waals surface area contributed by atoms with E-state index in [2.05, 4.69) is 5.32 Å². The Kier molecular flexibility index (Phi) is 7.69. The van der Waals surface area contributed by atoms with Crippen molar-refractivity contribution in [2.75, 3.05) is 18.0 Å². The van der Waals surface area contributed by atoms with Crippen LogP contribution in [-0.4, -0.2) is 40.0 Å². The van der Waals surface area contributed by atoms with Gasteiger partial charge in [0.05, 0.1) is 29.0 Å². The number of furan rings is 1. The molecule has 0 spiro atoms. The molecule has 2 aromatic carbocycles. The number of hydrogen-bond acceptors (Lipinski definition) is 7. The van der Waals surface area contributed by atoms with E-state index >= 15 is 0 Å². The third-order valence-electron chi connectivity index (χ3n) is 4.74. The third kappa shape index (κ3) is 6.23. The summed E-state index contributed by atoms with van der Waals surface area (Å²) in [5.41, 5.74) is 1.38. The molecule has 0 aliphatic heterocycles. The summed E-state index contributed by atoms with van der Waals surface area (Å²) in [5, 5.41) is 4.45. The second-order valence-corrected chi connectivity index (χ2v) is 9.19. The van der Waals surface area contributed by atoms with Gasteiger partial charge in [0.15, 0.2) is 6.61 Å². The van der Waals surface area contributed by atoms with Gasteiger partial charge in [-0.2, -0.15) is 0 Å². The van der Waals surface area contributed by atoms with E-state index in [1.807, 2.05) is 12.2 Å². The van der Waals surface area contributed by atoms with Crippen LogP contribution in [0.4, 0.5) is 10.5 Å². The summed E-state index contributed by atoms with van der Waals surface area (Å²) in [5.74, 6) is -1.11. The van der Waals surface area contributed by atoms with Crippen LogP contribution in [0.15, 0.2) is 76.2 Å². The molecule has 0 atom stereocenters. The van der Waals surface area contributed by atoms with Gasteiger partial charge in [0.2, 0.25) is 0 Å². The smallest absolute Gasteiger partial charge is 0.338 e. The number of anilines is 1. The Bertz CT molecular complexity index is 1250. The largest absolute Gasteiger partial charge is 0.467 e. The van der Waals surface area contributed by atoms with E-state index in [4.69, 9.17) is 9.15 Å². The van der Waals surface area contributed by atoms with E-state index in [0.29, 0.717) is 11.4 Å². The van der Waals surface area contributed by atoms with E-state index in [0.717, 1.165) is 9.87 Å². The van der Waals surface area contributed by atoms with Gasteiger partial charge < -0.3 is 14.5 Å². The highest BCUT2D eigenvalue weighted by Gasteiger charge is 2.21. The Labute approximate surface area is 196 Å². The number of aryl methyl sites for hydroxylation is 1. The summed E-state index contributed by atoms with van der Waals surface area (Å²) >= 11 is 0. The van der Waals surface area contributed by atoms with Gasteiger partial charge in [-0.1, -0.05) is 17.7 Å². The van der Waals surface area contributed by atoms with E-state index < -0.39 is 34.5 Å². The molecule has 0 aliphatic rings. The van der Waals surface area contributed by atoms with Gasteiger partial charge in [-0.15, -0.1) is 0 Å². The number of sulfonamides is 1. The summed E-state index contributed by atoms with van der Waals surface area (Å²) in [6.07, 6.45) is 1.45. The Morgan fingerprint density at radius 1 is 1.00 bits per heavy atom. The lowest BCUT2D eigenvalue weighted by molar-refractivity contribution is -0.123. The van der Waals surface area contributed by atoms with Crippen LogP contribution in [0.25, 0.3) is 0 Å².